The molecule has 0 spiro atoms. The Kier molecular flexibility index (Phi) is 7.70. The molecular formula is C21H31F. The molecule has 1 aliphatic carbocycles. The summed E-state index contributed by atoms with van der Waals surface area (Å²) in [6.45, 7) is 2.31. The summed E-state index contributed by atoms with van der Waals surface area (Å²) in [6, 6.07) is 8.94. The third-order valence-corrected chi connectivity index (χ3v) is 5.22. The molecule has 0 nitrogen and oxygen atoms in total. The SMILES string of the molecule is CCCC1CCC(CCc2ccc(CCC=CF)cc2)CC1. The summed E-state index contributed by atoms with van der Waals surface area (Å²) < 4.78 is 11.9. The Bertz CT molecular complexity index is 424. The molecule has 122 valence electrons. The molecule has 1 aliphatic rings. The monoisotopic (exact) mass is 302 g/mol. The minimum atomic E-state index is 0.642. The van der Waals surface area contributed by atoms with Crippen LogP contribution in [0.1, 0.15) is 69.4 Å². The molecule has 0 aromatic heterocycles. The molecule has 0 bridgehead atoms. The third kappa shape index (κ3) is 5.94. The van der Waals surface area contributed by atoms with Crippen LogP contribution in [0.15, 0.2) is 36.7 Å². The Labute approximate surface area is 135 Å². The van der Waals surface area contributed by atoms with Crippen molar-refractivity contribution >= 4 is 0 Å². The molecule has 1 heteroatoms. The Morgan fingerprint density at radius 2 is 1.45 bits per heavy atom. The van der Waals surface area contributed by atoms with Crippen LogP contribution in [0.5, 0.6) is 0 Å². The maximum absolute atomic E-state index is 11.9. The van der Waals surface area contributed by atoms with Crippen molar-refractivity contribution in [2.45, 2.75) is 71.1 Å². The van der Waals surface area contributed by atoms with Crippen LogP contribution in [0.2, 0.25) is 0 Å². The number of benzene rings is 1. The lowest BCUT2D eigenvalue weighted by Gasteiger charge is -2.28. The van der Waals surface area contributed by atoms with Gasteiger partial charge in [-0.05, 0) is 48.6 Å². The molecule has 0 heterocycles. The number of allylic oxidation sites excluding steroid dienone is 1. The molecule has 0 N–H and O–H groups in total. The maximum atomic E-state index is 11.9. The van der Waals surface area contributed by atoms with Crippen LogP contribution >= 0.6 is 0 Å². The van der Waals surface area contributed by atoms with Crippen molar-refractivity contribution in [1.29, 1.82) is 0 Å². The Hall–Kier alpha value is -1.11. The van der Waals surface area contributed by atoms with E-state index in [-0.39, 0.29) is 0 Å². The second-order valence-corrected chi connectivity index (χ2v) is 6.93. The minimum absolute atomic E-state index is 0.642. The smallest absolute Gasteiger partial charge is 0.0827 e. The van der Waals surface area contributed by atoms with Gasteiger partial charge in [0.15, 0.2) is 0 Å². The number of hydrogen-bond donors (Lipinski definition) is 0. The van der Waals surface area contributed by atoms with Crippen molar-refractivity contribution in [3.63, 3.8) is 0 Å². The zero-order valence-corrected chi connectivity index (χ0v) is 14.1. The van der Waals surface area contributed by atoms with E-state index in [1.165, 1.54) is 62.5 Å². The summed E-state index contributed by atoms with van der Waals surface area (Å²) in [5.74, 6) is 1.96. The number of halogens is 1. The molecule has 0 amide bonds. The van der Waals surface area contributed by atoms with Crippen LogP contribution in [0.3, 0.4) is 0 Å². The summed E-state index contributed by atoms with van der Waals surface area (Å²) in [5, 5.41) is 0. The first-order valence-electron chi connectivity index (χ1n) is 9.14. The van der Waals surface area contributed by atoms with E-state index < -0.39 is 0 Å². The topological polar surface area (TPSA) is 0 Å². The van der Waals surface area contributed by atoms with Gasteiger partial charge in [0.05, 0.1) is 6.33 Å². The largest absolute Gasteiger partial charge is 0.216 e. The molecule has 0 unspecified atom stereocenters. The van der Waals surface area contributed by atoms with E-state index in [0.717, 1.165) is 24.7 Å². The highest BCUT2D eigenvalue weighted by Crippen LogP contribution is 2.33. The zero-order chi connectivity index (χ0) is 15.6. The van der Waals surface area contributed by atoms with E-state index in [0.29, 0.717) is 6.33 Å². The summed E-state index contributed by atoms with van der Waals surface area (Å²) >= 11 is 0. The van der Waals surface area contributed by atoms with E-state index in [2.05, 4.69) is 31.2 Å². The van der Waals surface area contributed by atoms with Crippen LogP contribution in [-0.4, -0.2) is 0 Å². The van der Waals surface area contributed by atoms with Gasteiger partial charge >= 0.3 is 0 Å². The molecule has 0 radical (unpaired) electrons. The lowest BCUT2D eigenvalue weighted by atomic mass is 9.78. The van der Waals surface area contributed by atoms with Gasteiger partial charge in [-0.3, -0.25) is 0 Å². The summed E-state index contributed by atoms with van der Waals surface area (Å²) in [7, 11) is 0. The average Bonchev–Trinajstić information content (AvgIpc) is 2.56. The predicted octanol–water partition coefficient (Wildman–Crippen LogP) is 6.64. The van der Waals surface area contributed by atoms with Gasteiger partial charge in [0.1, 0.15) is 0 Å². The van der Waals surface area contributed by atoms with Gasteiger partial charge in [0.2, 0.25) is 0 Å². The highest BCUT2D eigenvalue weighted by Gasteiger charge is 2.20. The molecule has 0 atom stereocenters. The second-order valence-electron chi connectivity index (χ2n) is 6.93. The van der Waals surface area contributed by atoms with E-state index in [4.69, 9.17) is 0 Å². The fourth-order valence-electron chi connectivity index (χ4n) is 3.77. The summed E-state index contributed by atoms with van der Waals surface area (Å²) in [5.41, 5.74) is 2.77. The molecule has 0 saturated heterocycles. The van der Waals surface area contributed by atoms with Gasteiger partial charge < -0.3 is 0 Å². The molecule has 1 aromatic rings. The van der Waals surface area contributed by atoms with Crippen molar-refractivity contribution in [2.24, 2.45) is 11.8 Å². The number of aryl methyl sites for hydroxylation is 2. The molecule has 1 saturated carbocycles. The van der Waals surface area contributed by atoms with E-state index >= 15 is 0 Å². The van der Waals surface area contributed by atoms with Gasteiger partial charge in [-0.1, -0.05) is 75.8 Å². The van der Waals surface area contributed by atoms with Crippen molar-refractivity contribution in [3.05, 3.63) is 47.8 Å². The molecular weight excluding hydrogens is 271 g/mol. The fraction of sp³-hybridized carbons (Fsp3) is 0.619. The summed E-state index contributed by atoms with van der Waals surface area (Å²) in [6.07, 6.45) is 15.1. The highest BCUT2D eigenvalue weighted by atomic mass is 19.1. The average molecular weight is 302 g/mol. The third-order valence-electron chi connectivity index (χ3n) is 5.22. The fourth-order valence-corrected chi connectivity index (χ4v) is 3.77. The Morgan fingerprint density at radius 3 is 2.00 bits per heavy atom. The normalized spacial score (nSPS) is 22.3. The number of rotatable bonds is 8. The van der Waals surface area contributed by atoms with Crippen LogP contribution in [0.25, 0.3) is 0 Å². The lowest BCUT2D eigenvalue weighted by molar-refractivity contribution is 0.252. The van der Waals surface area contributed by atoms with Crippen LogP contribution in [0.4, 0.5) is 4.39 Å². The van der Waals surface area contributed by atoms with Gasteiger partial charge in [-0.25, -0.2) is 4.39 Å². The van der Waals surface area contributed by atoms with E-state index in [1.54, 1.807) is 6.08 Å². The van der Waals surface area contributed by atoms with Gasteiger partial charge in [-0.15, -0.1) is 0 Å². The van der Waals surface area contributed by atoms with Gasteiger partial charge in [-0.2, -0.15) is 0 Å². The van der Waals surface area contributed by atoms with Crippen LogP contribution in [0, 0.1) is 11.8 Å². The quantitative estimate of drug-likeness (QED) is 0.505. The minimum Gasteiger partial charge on any atom is -0.216 e. The van der Waals surface area contributed by atoms with E-state index in [9.17, 15) is 4.39 Å². The van der Waals surface area contributed by atoms with E-state index in [1.807, 2.05) is 0 Å². The summed E-state index contributed by atoms with van der Waals surface area (Å²) in [4.78, 5) is 0. The van der Waals surface area contributed by atoms with Crippen molar-refractivity contribution < 1.29 is 4.39 Å². The second kappa shape index (κ2) is 9.82. The van der Waals surface area contributed by atoms with Gasteiger partial charge in [0, 0.05) is 0 Å². The molecule has 2 rings (SSSR count). The first-order valence-corrected chi connectivity index (χ1v) is 9.14. The van der Waals surface area contributed by atoms with Gasteiger partial charge in [0.25, 0.3) is 0 Å². The van der Waals surface area contributed by atoms with Crippen molar-refractivity contribution in [3.8, 4) is 0 Å². The molecule has 0 aliphatic heterocycles. The first-order chi connectivity index (χ1) is 10.8. The number of hydrogen-bond acceptors (Lipinski definition) is 0. The lowest BCUT2D eigenvalue weighted by Crippen LogP contribution is -2.15. The first kappa shape index (κ1) is 17.2. The molecule has 22 heavy (non-hydrogen) atoms. The van der Waals surface area contributed by atoms with Crippen LogP contribution in [-0.2, 0) is 12.8 Å². The molecule has 1 fully saturated rings. The highest BCUT2D eigenvalue weighted by molar-refractivity contribution is 5.23. The molecule has 1 aromatic carbocycles. The van der Waals surface area contributed by atoms with Crippen LogP contribution < -0.4 is 0 Å². The predicted molar refractivity (Wildman–Crippen MR) is 93.7 cm³/mol. The maximum Gasteiger partial charge on any atom is 0.0827 e. The zero-order valence-electron chi connectivity index (χ0n) is 14.1. The Morgan fingerprint density at radius 1 is 0.909 bits per heavy atom. The van der Waals surface area contributed by atoms with Crippen molar-refractivity contribution in [2.75, 3.05) is 0 Å². The Balaban J connectivity index is 1.69. The van der Waals surface area contributed by atoms with Crippen molar-refractivity contribution in [1.82, 2.24) is 0 Å². The standard InChI is InChI=1S/C21H31F/c1-2-5-18-7-11-20(12-8-18)15-16-21-13-9-19(10-14-21)6-3-4-17-22/h4,9-10,13-14,17-18,20H,2-3,5-8,11-12,15-16H2,1H3.